The predicted molar refractivity (Wildman–Crippen MR) is 82.0 cm³/mol. The second-order valence-corrected chi connectivity index (χ2v) is 6.42. The summed E-state index contributed by atoms with van der Waals surface area (Å²) >= 11 is 1.17. The molecule has 2 rings (SSSR count). The average molecular weight is 348 g/mol. The minimum Gasteiger partial charge on any atom is -0.369 e. The molecule has 0 bridgehead atoms. The SMILES string of the molecule is CSc1ncc(C(F)(F)F)c(NCCCC2(C(N)=O)CCC2)n1. The molecule has 1 saturated carbocycles. The van der Waals surface area contributed by atoms with Crippen LogP contribution in [0.15, 0.2) is 11.4 Å². The first-order valence-electron chi connectivity index (χ1n) is 7.30. The minimum atomic E-state index is -4.51. The number of nitrogens with one attached hydrogen (secondary N) is 1. The van der Waals surface area contributed by atoms with Crippen LogP contribution in [0.5, 0.6) is 0 Å². The van der Waals surface area contributed by atoms with Gasteiger partial charge in [0, 0.05) is 18.2 Å². The molecule has 0 aromatic carbocycles. The van der Waals surface area contributed by atoms with Crippen molar-refractivity contribution in [3.05, 3.63) is 11.8 Å². The van der Waals surface area contributed by atoms with Gasteiger partial charge in [-0.1, -0.05) is 18.2 Å². The summed E-state index contributed by atoms with van der Waals surface area (Å²) in [7, 11) is 0. The van der Waals surface area contributed by atoms with Crippen molar-refractivity contribution in [2.75, 3.05) is 18.1 Å². The topological polar surface area (TPSA) is 80.9 Å². The maximum atomic E-state index is 13.0. The highest BCUT2D eigenvalue weighted by molar-refractivity contribution is 7.98. The van der Waals surface area contributed by atoms with E-state index < -0.39 is 17.2 Å². The largest absolute Gasteiger partial charge is 0.421 e. The third-order valence-electron chi connectivity index (χ3n) is 4.21. The van der Waals surface area contributed by atoms with E-state index in [0.717, 1.165) is 25.5 Å². The van der Waals surface area contributed by atoms with Gasteiger partial charge in [-0.05, 0) is 31.9 Å². The lowest BCUT2D eigenvalue weighted by molar-refractivity contribution is -0.137. The molecular formula is C14H19F3N4OS. The number of nitrogens with two attached hydrogens (primary N) is 1. The Hall–Kier alpha value is -1.51. The summed E-state index contributed by atoms with van der Waals surface area (Å²) in [5, 5.41) is 2.99. The Labute approximate surface area is 136 Å². The van der Waals surface area contributed by atoms with E-state index in [1.165, 1.54) is 11.8 Å². The Kier molecular flexibility index (Phi) is 5.38. The van der Waals surface area contributed by atoms with E-state index in [1.54, 1.807) is 6.26 Å². The first kappa shape index (κ1) is 17.8. The third-order valence-corrected chi connectivity index (χ3v) is 4.77. The van der Waals surface area contributed by atoms with Crippen LogP contribution in [-0.4, -0.2) is 28.7 Å². The number of carbonyl (C=O) groups is 1. The second-order valence-electron chi connectivity index (χ2n) is 5.65. The number of anilines is 1. The smallest absolute Gasteiger partial charge is 0.369 e. The maximum absolute atomic E-state index is 13.0. The number of aromatic nitrogens is 2. The molecule has 0 radical (unpaired) electrons. The van der Waals surface area contributed by atoms with Crippen molar-refractivity contribution in [3.8, 4) is 0 Å². The van der Waals surface area contributed by atoms with Crippen molar-refractivity contribution in [2.45, 2.75) is 43.4 Å². The standard InChI is InChI=1S/C14H19F3N4OS/c1-23-12-20-8-9(14(15,16)17)10(21-12)19-7-3-6-13(11(18)22)4-2-5-13/h8H,2-7H2,1H3,(H2,18,22)(H,19,20,21). The fraction of sp³-hybridized carbons (Fsp3) is 0.643. The van der Waals surface area contributed by atoms with Crippen LogP contribution in [-0.2, 0) is 11.0 Å². The molecule has 9 heteroatoms. The maximum Gasteiger partial charge on any atom is 0.421 e. The summed E-state index contributed by atoms with van der Waals surface area (Å²) < 4.78 is 38.9. The summed E-state index contributed by atoms with van der Waals surface area (Å²) in [6, 6.07) is 0. The van der Waals surface area contributed by atoms with E-state index in [4.69, 9.17) is 5.73 Å². The fourth-order valence-corrected chi connectivity index (χ4v) is 3.00. The van der Waals surface area contributed by atoms with Gasteiger partial charge in [-0.2, -0.15) is 13.2 Å². The Morgan fingerprint density at radius 3 is 2.65 bits per heavy atom. The molecule has 1 aromatic rings. The number of alkyl halides is 3. The Morgan fingerprint density at radius 2 is 2.17 bits per heavy atom. The van der Waals surface area contributed by atoms with Crippen LogP contribution >= 0.6 is 11.8 Å². The van der Waals surface area contributed by atoms with Crippen molar-refractivity contribution in [1.29, 1.82) is 0 Å². The van der Waals surface area contributed by atoms with Crippen LogP contribution in [0.4, 0.5) is 19.0 Å². The highest BCUT2D eigenvalue weighted by Gasteiger charge is 2.41. The minimum absolute atomic E-state index is 0.224. The molecule has 1 heterocycles. The van der Waals surface area contributed by atoms with Gasteiger partial charge in [0.25, 0.3) is 0 Å². The van der Waals surface area contributed by atoms with Crippen LogP contribution in [0.1, 0.15) is 37.7 Å². The van der Waals surface area contributed by atoms with Crippen LogP contribution in [0.2, 0.25) is 0 Å². The number of nitrogens with zero attached hydrogens (tertiary/aromatic N) is 2. The number of hydrogen-bond donors (Lipinski definition) is 2. The van der Waals surface area contributed by atoms with Gasteiger partial charge >= 0.3 is 6.18 Å². The van der Waals surface area contributed by atoms with Crippen molar-refractivity contribution in [1.82, 2.24) is 9.97 Å². The third kappa shape index (κ3) is 4.07. The zero-order valence-corrected chi connectivity index (χ0v) is 13.6. The molecule has 1 aliphatic rings. The number of carbonyl (C=O) groups excluding carboxylic acids is 1. The van der Waals surface area contributed by atoms with Crippen LogP contribution in [0.3, 0.4) is 0 Å². The van der Waals surface area contributed by atoms with E-state index in [2.05, 4.69) is 15.3 Å². The van der Waals surface area contributed by atoms with E-state index in [-0.39, 0.29) is 16.9 Å². The monoisotopic (exact) mass is 348 g/mol. The Bertz CT molecular complexity index is 576. The summed E-state index contributed by atoms with van der Waals surface area (Å²) in [6.07, 6.45) is 1.60. The van der Waals surface area contributed by atoms with Gasteiger partial charge in [-0.25, -0.2) is 9.97 Å². The summed E-state index contributed by atoms with van der Waals surface area (Å²) in [5.41, 5.74) is 4.06. The average Bonchev–Trinajstić information content (AvgIpc) is 2.43. The number of primary amides is 1. The first-order chi connectivity index (χ1) is 10.8. The van der Waals surface area contributed by atoms with Crippen LogP contribution in [0, 0.1) is 5.41 Å². The second kappa shape index (κ2) is 6.94. The van der Waals surface area contributed by atoms with E-state index >= 15 is 0 Å². The molecule has 0 unspecified atom stereocenters. The number of amides is 1. The molecule has 1 fully saturated rings. The summed E-state index contributed by atoms with van der Waals surface area (Å²) in [4.78, 5) is 19.0. The fourth-order valence-electron chi connectivity index (χ4n) is 2.66. The molecule has 23 heavy (non-hydrogen) atoms. The van der Waals surface area contributed by atoms with Gasteiger partial charge in [-0.15, -0.1) is 0 Å². The van der Waals surface area contributed by atoms with Crippen molar-refractivity contribution in [3.63, 3.8) is 0 Å². The van der Waals surface area contributed by atoms with E-state index in [9.17, 15) is 18.0 Å². The molecule has 0 saturated heterocycles. The number of thioether (sulfide) groups is 1. The zero-order valence-electron chi connectivity index (χ0n) is 12.7. The predicted octanol–water partition coefficient (Wildman–Crippen LogP) is 3.07. The summed E-state index contributed by atoms with van der Waals surface area (Å²) in [5.74, 6) is -0.537. The quantitative estimate of drug-likeness (QED) is 0.450. The molecule has 0 spiro atoms. The molecule has 1 aliphatic carbocycles. The molecule has 5 nitrogen and oxygen atoms in total. The molecule has 1 amide bonds. The number of hydrogen-bond acceptors (Lipinski definition) is 5. The van der Waals surface area contributed by atoms with E-state index in [1.807, 2.05) is 0 Å². The Balaban J connectivity index is 1.98. The highest BCUT2D eigenvalue weighted by Crippen LogP contribution is 2.44. The number of rotatable bonds is 7. The van der Waals surface area contributed by atoms with Gasteiger partial charge in [0.2, 0.25) is 5.91 Å². The Morgan fingerprint density at radius 1 is 1.48 bits per heavy atom. The van der Waals surface area contributed by atoms with Crippen molar-refractivity contribution < 1.29 is 18.0 Å². The molecule has 3 N–H and O–H groups in total. The van der Waals surface area contributed by atoms with Gasteiger partial charge in [0.1, 0.15) is 11.4 Å². The molecule has 0 atom stereocenters. The van der Waals surface area contributed by atoms with Crippen molar-refractivity contribution in [2.24, 2.45) is 11.1 Å². The normalized spacial score (nSPS) is 16.7. The van der Waals surface area contributed by atoms with E-state index in [0.29, 0.717) is 19.4 Å². The first-order valence-corrected chi connectivity index (χ1v) is 8.53. The highest BCUT2D eigenvalue weighted by atomic mass is 32.2. The molecule has 128 valence electrons. The lowest BCUT2D eigenvalue weighted by Gasteiger charge is -2.38. The van der Waals surface area contributed by atoms with Gasteiger partial charge < -0.3 is 11.1 Å². The lowest BCUT2D eigenvalue weighted by Crippen LogP contribution is -2.42. The van der Waals surface area contributed by atoms with Gasteiger partial charge in [-0.3, -0.25) is 4.79 Å². The number of halogens is 3. The lowest BCUT2D eigenvalue weighted by atomic mass is 9.65. The summed E-state index contributed by atoms with van der Waals surface area (Å²) in [6.45, 7) is 0.295. The van der Waals surface area contributed by atoms with Gasteiger partial charge in [0.05, 0.1) is 0 Å². The molecule has 1 aromatic heterocycles. The van der Waals surface area contributed by atoms with Crippen LogP contribution < -0.4 is 11.1 Å². The molecule has 0 aliphatic heterocycles. The zero-order chi connectivity index (χ0) is 17.1. The van der Waals surface area contributed by atoms with Crippen molar-refractivity contribution >= 4 is 23.5 Å². The molecular weight excluding hydrogens is 329 g/mol. The van der Waals surface area contributed by atoms with Gasteiger partial charge in [0.15, 0.2) is 5.16 Å². The van der Waals surface area contributed by atoms with Crippen LogP contribution in [0.25, 0.3) is 0 Å².